The monoisotopic (exact) mass is 250 g/mol. The molecule has 0 aromatic heterocycles. The summed E-state index contributed by atoms with van der Waals surface area (Å²) in [5.74, 6) is 2.24. The van der Waals surface area contributed by atoms with E-state index < -0.39 is 0 Å². The fourth-order valence-electron chi connectivity index (χ4n) is 2.67. The third kappa shape index (κ3) is 2.32. The largest absolute Gasteiger partial charge is 0.378 e. The molecule has 0 aromatic rings. The maximum absolute atomic E-state index is 5.39. The van der Waals surface area contributed by atoms with Gasteiger partial charge in [-0.15, -0.1) is 0 Å². The number of rotatable bonds is 1. The molecule has 0 bridgehead atoms. The van der Waals surface area contributed by atoms with Gasteiger partial charge in [-0.2, -0.15) is 0 Å². The fourth-order valence-corrected chi connectivity index (χ4v) is 2.67. The normalized spacial score (nSPS) is 27.0. The van der Waals surface area contributed by atoms with Gasteiger partial charge in [0.1, 0.15) is 5.82 Å². The third-order valence-electron chi connectivity index (χ3n) is 3.67. The molecular weight excluding hydrogens is 228 g/mol. The van der Waals surface area contributed by atoms with Gasteiger partial charge in [-0.3, -0.25) is 4.99 Å². The number of fused-ring (bicyclic) bond motifs is 1. The molecule has 3 aliphatic rings. The van der Waals surface area contributed by atoms with E-state index in [-0.39, 0.29) is 5.41 Å². The van der Waals surface area contributed by atoms with Crippen LogP contribution < -0.4 is 5.32 Å². The molecule has 3 heterocycles. The van der Waals surface area contributed by atoms with Crippen molar-refractivity contribution < 1.29 is 4.74 Å². The third-order valence-corrected chi connectivity index (χ3v) is 3.67. The van der Waals surface area contributed by atoms with Crippen molar-refractivity contribution in [2.45, 2.75) is 13.8 Å². The Kier molecular flexibility index (Phi) is 2.93. The van der Waals surface area contributed by atoms with Gasteiger partial charge in [0, 0.05) is 38.1 Å². The number of hydrogen-bond acceptors (Lipinski definition) is 5. The summed E-state index contributed by atoms with van der Waals surface area (Å²) in [6, 6.07) is 0. The van der Waals surface area contributed by atoms with Gasteiger partial charge in [-0.05, 0) is 6.08 Å². The molecule has 0 aromatic carbocycles. The summed E-state index contributed by atoms with van der Waals surface area (Å²) in [5, 5.41) is 3.47. The summed E-state index contributed by atoms with van der Waals surface area (Å²) in [7, 11) is 0. The van der Waals surface area contributed by atoms with E-state index in [1.165, 1.54) is 5.82 Å². The molecule has 5 heteroatoms. The zero-order chi connectivity index (χ0) is 12.6. The van der Waals surface area contributed by atoms with E-state index in [0.717, 1.165) is 51.9 Å². The zero-order valence-electron chi connectivity index (χ0n) is 11.3. The molecule has 1 N–H and O–H groups in total. The number of hydrogen-bond donors (Lipinski definition) is 1. The number of nitrogens with zero attached hydrogens (tertiary/aromatic N) is 3. The molecule has 0 spiro atoms. The van der Waals surface area contributed by atoms with Crippen LogP contribution in [0.5, 0.6) is 0 Å². The number of morpholine rings is 1. The van der Waals surface area contributed by atoms with Crippen LogP contribution in [0.25, 0.3) is 0 Å². The quantitative estimate of drug-likeness (QED) is 0.734. The summed E-state index contributed by atoms with van der Waals surface area (Å²) in [6.45, 7) is 11.1. The van der Waals surface area contributed by atoms with Crippen molar-refractivity contribution in [3.63, 3.8) is 0 Å². The molecule has 0 amide bonds. The highest BCUT2D eigenvalue weighted by atomic mass is 16.5. The summed E-state index contributed by atoms with van der Waals surface area (Å²) >= 11 is 0. The summed E-state index contributed by atoms with van der Waals surface area (Å²) in [6.07, 6.45) is 2.27. The lowest BCUT2D eigenvalue weighted by Crippen LogP contribution is -2.55. The predicted molar refractivity (Wildman–Crippen MR) is 71.3 cm³/mol. The van der Waals surface area contributed by atoms with E-state index >= 15 is 0 Å². The number of guanidine groups is 1. The second-order valence-corrected chi connectivity index (χ2v) is 6.00. The highest BCUT2D eigenvalue weighted by Crippen LogP contribution is 2.23. The minimum atomic E-state index is 0.287. The van der Waals surface area contributed by atoms with Crippen molar-refractivity contribution in [2.75, 3.05) is 45.9 Å². The molecule has 0 atom stereocenters. The maximum Gasteiger partial charge on any atom is 0.199 e. The average molecular weight is 250 g/mol. The molecule has 18 heavy (non-hydrogen) atoms. The first-order valence-corrected chi connectivity index (χ1v) is 6.73. The highest BCUT2D eigenvalue weighted by molar-refractivity contribution is 5.83. The first kappa shape index (κ1) is 11.8. The standard InChI is InChI=1S/C13H22N4O/c1-13(2)9-14-12-15-11(3-4-17(12)10-13)16-5-7-18-8-6-16/h3H,4-10H2,1-2H3,(H,14,15). The van der Waals surface area contributed by atoms with Crippen LogP contribution >= 0.6 is 0 Å². The molecular formula is C13H22N4O. The van der Waals surface area contributed by atoms with E-state index in [1.54, 1.807) is 0 Å². The van der Waals surface area contributed by atoms with Crippen molar-refractivity contribution in [1.29, 1.82) is 0 Å². The summed E-state index contributed by atoms with van der Waals surface area (Å²) in [4.78, 5) is 9.36. The maximum atomic E-state index is 5.39. The van der Waals surface area contributed by atoms with Crippen molar-refractivity contribution in [3.8, 4) is 0 Å². The molecule has 5 nitrogen and oxygen atoms in total. The zero-order valence-corrected chi connectivity index (χ0v) is 11.3. The van der Waals surface area contributed by atoms with Crippen LogP contribution in [0.4, 0.5) is 0 Å². The van der Waals surface area contributed by atoms with Gasteiger partial charge in [-0.25, -0.2) is 0 Å². The minimum Gasteiger partial charge on any atom is -0.378 e. The lowest BCUT2D eigenvalue weighted by molar-refractivity contribution is 0.0503. The topological polar surface area (TPSA) is 40.1 Å². The van der Waals surface area contributed by atoms with Gasteiger partial charge in [-0.1, -0.05) is 13.8 Å². The second kappa shape index (κ2) is 4.46. The Labute approximate surface area is 108 Å². The number of nitrogens with one attached hydrogen (secondary N) is 1. The fraction of sp³-hybridized carbons (Fsp3) is 0.769. The van der Waals surface area contributed by atoms with E-state index in [0.29, 0.717) is 0 Å². The molecule has 1 fully saturated rings. The van der Waals surface area contributed by atoms with Gasteiger partial charge in [0.15, 0.2) is 5.96 Å². The van der Waals surface area contributed by atoms with Crippen LogP contribution in [0.3, 0.4) is 0 Å². The van der Waals surface area contributed by atoms with Crippen LogP contribution in [0.2, 0.25) is 0 Å². The van der Waals surface area contributed by atoms with Crippen LogP contribution in [-0.4, -0.2) is 61.7 Å². The Morgan fingerprint density at radius 2 is 2.06 bits per heavy atom. The minimum absolute atomic E-state index is 0.287. The van der Waals surface area contributed by atoms with Crippen molar-refractivity contribution in [3.05, 3.63) is 11.9 Å². The van der Waals surface area contributed by atoms with Crippen LogP contribution in [-0.2, 0) is 4.74 Å². The average Bonchev–Trinajstić information content (AvgIpc) is 2.38. The molecule has 1 saturated heterocycles. The Bertz CT molecular complexity index is 382. The van der Waals surface area contributed by atoms with Crippen LogP contribution in [0, 0.1) is 5.41 Å². The molecule has 0 saturated carbocycles. The second-order valence-electron chi connectivity index (χ2n) is 6.00. The van der Waals surface area contributed by atoms with E-state index in [1.807, 2.05) is 0 Å². The van der Waals surface area contributed by atoms with Crippen molar-refractivity contribution in [1.82, 2.24) is 15.1 Å². The van der Waals surface area contributed by atoms with Crippen LogP contribution in [0.1, 0.15) is 13.8 Å². The molecule has 100 valence electrons. The lowest BCUT2D eigenvalue weighted by Gasteiger charge is -2.42. The first-order chi connectivity index (χ1) is 8.64. The van der Waals surface area contributed by atoms with E-state index in [2.05, 4.69) is 40.0 Å². The Balaban J connectivity index is 1.70. The van der Waals surface area contributed by atoms with Gasteiger partial charge < -0.3 is 19.9 Å². The highest BCUT2D eigenvalue weighted by Gasteiger charge is 2.31. The molecule has 3 rings (SSSR count). The first-order valence-electron chi connectivity index (χ1n) is 6.73. The van der Waals surface area contributed by atoms with Gasteiger partial charge in [0.25, 0.3) is 0 Å². The Hall–Kier alpha value is -1.23. The van der Waals surface area contributed by atoms with Crippen LogP contribution in [0.15, 0.2) is 16.9 Å². The van der Waals surface area contributed by atoms with Gasteiger partial charge >= 0.3 is 0 Å². The van der Waals surface area contributed by atoms with Gasteiger partial charge in [0.05, 0.1) is 13.2 Å². The predicted octanol–water partition coefficient (Wildman–Crippen LogP) is 0.461. The number of aliphatic imine (C=N–C) groups is 1. The lowest BCUT2D eigenvalue weighted by atomic mass is 9.91. The van der Waals surface area contributed by atoms with Crippen molar-refractivity contribution >= 4 is 5.96 Å². The SMILES string of the molecule is CC1(C)CN=C2NC(N3CCOCC3)=CCN2C1. The molecule has 3 aliphatic heterocycles. The molecule has 0 radical (unpaired) electrons. The van der Waals surface area contributed by atoms with E-state index in [9.17, 15) is 0 Å². The van der Waals surface area contributed by atoms with Gasteiger partial charge in [0.2, 0.25) is 0 Å². The smallest absolute Gasteiger partial charge is 0.199 e. The number of ether oxygens (including phenoxy) is 1. The summed E-state index contributed by atoms with van der Waals surface area (Å²) < 4.78 is 5.39. The Morgan fingerprint density at radius 3 is 2.83 bits per heavy atom. The molecule has 0 aliphatic carbocycles. The molecule has 0 unspecified atom stereocenters. The van der Waals surface area contributed by atoms with E-state index in [4.69, 9.17) is 4.74 Å². The summed E-state index contributed by atoms with van der Waals surface area (Å²) in [5.41, 5.74) is 0.287. The Morgan fingerprint density at radius 1 is 1.28 bits per heavy atom. The van der Waals surface area contributed by atoms with Crippen molar-refractivity contribution in [2.24, 2.45) is 10.4 Å².